The van der Waals surface area contributed by atoms with Crippen LogP contribution < -0.4 is 5.32 Å². The van der Waals surface area contributed by atoms with Gasteiger partial charge in [0.15, 0.2) is 0 Å². The van der Waals surface area contributed by atoms with Gasteiger partial charge in [0.05, 0.1) is 4.88 Å². The number of hydrogen-bond donors (Lipinski definition) is 1. The van der Waals surface area contributed by atoms with Crippen LogP contribution in [0.25, 0.3) is 0 Å². The molecule has 1 aromatic rings. The summed E-state index contributed by atoms with van der Waals surface area (Å²) >= 11 is 1.65. The molecule has 0 bridgehead atoms. The zero-order valence-electron chi connectivity index (χ0n) is 13.2. The van der Waals surface area contributed by atoms with E-state index in [9.17, 15) is 4.79 Å². The zero-order chi connectivity index (χ0) is 14.8. The molecule has 4 heteroatoms. The van der Waals surface area contributed by atoms with Gasteiger partial charge in [-0.1, -0.05) is 19.8 Å². The normalized spacial score (nSPS) is 25.8. The molecule has 0 radical (unpaired) electrons. The lowest BCUT2D eigenvalue weighted by atomic mass is 9.99. The summed E-state index contributed by atoms with van der Waals surface area (Å²) in [7, 11) is 0. The lowest BCUT2D eigenvalue weighted by Crippen LogP contribution is -2.46. The SMILES string of the molecule is CCCc1cc(C(=O)N[C@H]2CCN3CCCC[C@H]23)sc1C. The maximum atomic E-state index is 12.5. The van der Waals surface area contributed by atoms with Gasteiger partial charge in [0.1, 0.15) is 0 Å². The van der Waals surface area contributed by atoms with E-state index < -0.39 is 0 Å². The van der Waals surface area contributed by atoms with Crippen molar-refractivity contribution in [1.29, 1.82) is 0 Å². The molecule has 116 valence electrons. The van der Waals surface area contributed by atoms with Gasteiger partial charge in [-0.15, -0.1) is 11.3 Å². The average molecular weight is 306 g/mol. The predicted octanol–water partition coefficient (Wildman–Crippen LogP) is 3.37. The minimum atomic E-state index is 0.142. The van der Waals surface area contributed by atoms with Crippen LogP contribution in [0, 0.1) is 6.92 Å². The second-order valence-electron chi connectivity index (χ2n) is 6.41. The van der Waals surface area contributed by atoms with Gasteiger partial charge >= 0.3 is 0 Å². The van der Waals surface area contributed by atoms with Crippen LogP contribution in [0.3, 0.4) is 0 Å². The fourth-order valence-corrected chi connectivity index (χ4v) is 4.78. The second kappa shape index (κ2) is 6.49. The quantitative estimate of drug-likeness (QED) is 0.925. The van der Waals surface area contributed by atoms with E-state index >= 15 is 0 Å². The molecule has 2 aliphatic heterocycles. The number of fused-ring (bicyclic) bond motifs is 1. The molecule has 2 fully saturated rings. The molecule has 0 unspecified atom stereocenters. The van der Waals surface area contributed by atoms with E-state index in [2.05, 4.69) is 30.1 Å². The third kappa shape index (κ3) is 3.16. The Morgan fingerprint density at radius 3 is 3.05 bits per heavy atom. The topological polar surface area (TPSA) is 32.3 Å². The summed E-state index contributed by atoms with van der Waals surface area (Å²) in [6, 6.07) is 3.04. The van der Waals surface area contributed by atoms with Crippen molar-refractivity contribution in [2.75, 3.05) is 13.1 Å². The number of aryl methyl sites for hydroxylation is 2. The molecule has 2 saturated heterocycles. The molecule has 2 atom stereocenters. The van der Waals surface area contributed by atoms with Gasteiger partial charge < -0.3 is 5.32 Å². The molecule has 1 amide bonds. The molecule has 21 heavy (non-hydrogen) atoms. The Morgan fingerprint density at radius 1 is 1.38 bits per heavy atom. The molecule has 0 aliphatic carbocycles. The summed E-state index contributed by atoms with van der Waals surface area (Å²) in [5, 5.41) is 3.31. The van der Waals surface area contributed by atoms with Crippen LogP contribution in [-0.4, -0.2) is 36.0 Å². The van der Waals surface area contributed by atoms with Crippen LogP contribution >= 0.6 is 11.3 Å². The van der Waals surface area contributed by atoms with Crippen molar-refractivity contribution in [3.63, 3.8) is 0 Å². The largest absolute Gasteiger partial charge is 0.347 e. The number of nitrogens with one attached hydrogen (secondary N) is 1. The lowest BCUT2D eigenvalue weighted by Gasteiger charge is -2.32. The highest BCUT2D eigenvalue weighted by atomic mass is 32.1. The summed E-state index contributed by atoms with van der Waals surface area (Å²) in [6.07, 6.45) is 7.21. The first kappa shape index (κ1) is 15.0. The Kier molecular flexibility index (Phi) is 4.65. The number of rotatable bonds is 4. The number of carbonyl (C=O) groups excluding carboxylic acids is 1. The van der Waals surface area contributed by atoms with Crippen LogP contribution in [0.5, 0.6) is 0 Å². The van der Waals surface area contributed by atoms with Crippen LogP contribution in [0.1, 0.15) is 59.1 Å². The van der Waals surface area contributed by atoms with Crippen LogP contribution in [0.15, 0.2) is 6.07 Å². The maximum Gasteiger partial charge on any atom is 0.261 e. The van der Waals surface area contributed by atoms with Crippen molar-refractivity contribution >= 4 is 17.2 Å². The zero-order valence-corrected chi connectivity index (χ0v) is 14.0. The monoisotopic (exact) mass is 306 g/mol. The van der Waals surface area contributed by atoms with Crippen LogP contribution in [0.4, 0.5) is 0 Å². The van der Waals surface area contributed by atoms with Crippen LogP contribution in [-0.2, 0) is 6.42 Å². The van der Waals surface area contributed by atoms with Gasteiger partial charge in [0.2, 0.25) is 0 Å². The number of carbonyl (C=O) groups is 1. The summed E-state index contributed by atoms with van der Waals surface area (Å²) in [4.78, 5) is 17.3. The highest BCUT2D eigenvalue weighted by molar-refractivity contribution is 7.14. The molecule has 0 aromatic carbocycles. The van der Waals surface area contributed by atoms with Gasteiger partial charge in [0, 0.05) is 23.5 Å². The Labute approximate surface area is 131 Å². The predicted molar refractivity (Wildman–Crippen MR) is 88.1 cm³/mol. The minimum Gasteiger partial charge on any atom is -0.347 e. The molecule has 3 nitrogen and oxygen atoms in total. The molecule has 1 N–H and O–H groups in total. The lowest BCUT2D eigenvalue weighted by molar-refractivity contribution is 0.0919. The number of nitrogens with zero attached hydrogens (tertiary/aromatic N) is 1. The summed E-state index contributed by atoms with van der Waals surface area (Å²) < 4.78 is 0. The first-order valence-corrected chi connectivity index (χ1v) is 9.15. The minimum absolute atomic E-state index is 0.142. The smallest absolute Gasteiger partial charge is 0.261 e. The number of piperidine rings is 1. The van der Waals surface area contributed by atoms with E-state index in [1.807, 2.05) is 0 Å². The van der Waals surface area contributed by atoms with E-state index in [-0.39, 0.29) is 5.91 Å². The highest BCUT2D eigenvalue weighted by Crippen LogP contribution is 2.28. The van der Waals surface area contributed by atoms with E-state index in [4.69, 9.17) is 0 Å². The third-order valence-corrected chi connectivity index (χ3v) is 6.03. The van der Waals surface area contributed by atoms with E-state index in [1.54, 1.807) is 11.3 Å². The molecule has 0 saturated carbocycles. The molecular formula is C17H26N2OS. The van der Waals surface area contributed by atoms with Gasteiger partial charge in [-0.25, -0.2) is 0 Å². The fraction of sp³-hybridized carbons (Fsp3) is 0.706. The van der Waals surface area contributed by atoms with Crippen LogP contribution in [0.2, 0.25) is 0 Å². The maximum absolute atomic E-state index is 12.5. The van der Waals surface area contributed by atoms with Gasteiger partial charge in [-0.3, -0.25) is 9.69 Å². The Balaban J connectivity index is 1.64. The van der Waals surface area contributed by atoms with Gasteiger partial charge in [-0.2, -0.15) is 0 Å². The number of hydrogen-bond acceptors (Lipinski definition) is 3. The van der Waals surface area contributed by atoms with Gasteiger partial charge in [-0.05, 0) is 50.8 Å². The van der Waals surface area contributed by atoms with Crippen molar-refractivity contribution < 1.29 is 4.79 Å². The Morgan fingerprint density at radius 2 is 2.24 bits per heavy atom. The van der Waals surface area contributed by atoms with Crippen molar-refractivity contribution in [3.8, 4) is 0 Å². The summed E-state index contributed by atoms with van der Waals surface area (Å²) in [5.74, 6) is 0.142. The second-order valence-corrected chi connectivity index (χ2v) is 7.67. The fourth-order valence-electron chi connectivity index (χ4n) is 3.80. The van der Waals surface area contributed by atoms with Crippen molar-refractivity contribution in [1.82, 2.24) is 10.2 Å². The molecule has 3 heterocycles. The van der Waals surface area contributed by atoms with Crippen molar-refractivity contribution in [2.24, 2.45) is 0 Å². The molecule has 1 aromatic heterocycles. The highest BCUT2D eigenvalue weighted by Gasteiger charge is 2.36. The van der Waals surface area contributed by atoms with Gasteiger partial charge in [0.25, 0.3) is 5.91 Å². The third-order valence-electron chi connectivity index (χ3n) is 4.94. The molecule has 3 rings (SSSR count). The summed E-state index contributed by atoms with van der Waals surface area (Å²) in [6.45, 7) is 6.69. The molecule has 0 spiro atoms. The van der Waals surface area contributed by atoms with Crippen molar-refractivity contribution in [2.45, 2.75) is 64.5 Å². The number of amides is 1. The first-order valence-electron chi connectivity index (χ1n) is 8.33. The van der Waals surface area contributed by atoms with E-state index in [0.29, 0.717) is 12.1 Å². The average Bonchev–Trinajstić information content (AvgIpc) is 3.05. The first-order chi connectivity index (χ1) is 10.2. The Hall–Kier alpha value is -0.870. The van der Waals surface area contributed by atoms with E-state index in [1.165, 1.54) is 36.2 Å². The Bertz CT molecular complexity index is 511. The molecule has 2 aliphatic rings. The van der Waals surface area contributed by atoms with Crippen molar-refractivity contribution in [3.05, 3.63) is 21.4 Å². The summed E-state index contributed by atoms with van der Waals surface area (Å²) in [5.41, 5.74) is 1.35. The molecular weight excluding hydrogens is 280 g/mol. The number of thiophene rings is 1. The standard InChI is InChI=1S/C17H26N2OS/c1-3-6-13-11-16(21-12(13)2)17(20)18-14-8-10-19-9-5-4-7-15(14)19/h11,14-15H,3-10H2,1-2H3,(H,18,20)/t14-,15+/m0/s1. The van der Waals surface area contributed by atoms with E-state index in [0.717, 1.165) is 30.7 Å².